The molecule has 0 aliphatic heterocycles. The Kier molecular flexibility index (Phi) is 4.61. The zero-order chi connectivity index (χ0) is 13.5. The summed E-state index contributed by atoms with van der Waals surface area (Å²) in [6.45, 7) is 0.792. The van der Waals surface area contributed by atoms with Crippen molar-refractivity contribution in [2.75, 3.05) is 26.1 Å². The normalized spacial score (nSPS) is 10.0. The minimum atomic E-state index is 0.758. The number of hydrogen-bond donors (Lipinski definition) is 1. The lowest BCUT2D eigenvalue weighted by Gasteiger charge is -2.10. The van der Waals surface area contributed by atoms with E-state index in [0.717, 1.165) is 30.3 Å². The molecule has 4 heteroatoms. The second-order valence-corrected chi connectivity index (χ2v) is 4.08. The van der Waals surface area contributed by atoms with E-state index in [1.807, 2.05) is 30.3 Å². The highest BCUT2D eigenvalue weighted by Crippen LogP contribution is 2.20. The summed E-state index contributed by atoms with van der Waals surface area (Å²) in [4.78, 5) is 4.25. The standard InChI is InChI=1S/C15H18N2O2/c1-18-13-6-3-5-12(11-13)8-10-17-15-14(19-2)7-4-9-16-15/h3-7,9,11H,8,10H2,1-2H3,(H,16,17). The van der Waals surface area contributed by atoms with Crippen molar-refractivity contribution in [3.05, 3.63) is 48.2 Å². The molecule has 1 heterocycles. The Balaban J connectivity index is 1.92. The molecule has 4 nitrogen and oxygen atoms in total. The molecular weight excluding hydrogens is 240 g/mol. The molecule has 2 rings (SSSR count). The smallest absolute Gasteiger partial charge is 0.168 e. The highest BCUT2D eigenvalue weighted by Gasteiger charge is 2.02. The zero-order valence-corrected chi connectivity index (χ0v) is 11.2. The maximum Gasteiger partial charge on any atom is 0.168 e. The number of anilines is 1. The highest BCUT2D eigenvalue weighted by molar-refractivity contribution is 5.49. The maximum atomic E-state index is 5.24. The highest BCUT2D eigenvalue weighted by atomic mass is 16.5. The number of aromatic nitrogens is 1. The summed E-state index contributed by atoms with van der Waals surface area (Å²) in [5.74, 6) is 2.41. The molecular formula is C15H18N2O2. The van der Waals surface area contributed by atoms with Gasteiger partial charge in [0.15, 0.2) is 11.6 Å². The van der Waals surface area contributed by atoms with Crippen LogP contribution in [0.25, 0.3) is 0 Å². The van der Waals surface area contributed by atoms with E-state index in [1.54, 1.807) is 20.4 Å². The first-order chi connectivity index (χ1) is 9.33. The third-order valence-electron chi connectivity index (χ3n) is 2.83. The van der Waals surface area contributed by atoms with Crippen LogP contribution in [-0.2, 0) is 6.42 Å². The Labute approximate surface area is 113 Å². The van der Waals surface area contributed by atoms with Gasteiger partial charge in [-0.2, -0.15) is 0 Å². The van der Waals surface area contributed by atoms with Crippen molar-refractivity contribution in [2.45, 2.75) is 6.42 Å². The number of rotatable bonds is 6. The molecule has 0 unspecified atom stereocenters. The van der Waals surface area contributed by atoms with Crippen molar-refractivity contribution in [1.29, 1.82) is 0 Å². The summed E-state index contributed by atoms with van der Waals surface area (Å²) < 4.78 is 10.4. The molecule has 1 aromatic carbocycles. The third kappa shape index (κ3) is 3.61. The molecule has 0 aliphatic carbocycles. The van der Waals surface area contributed by atoms with E-state index in [0.29, 0.717) is 0 Å². The van der Waals surface area contributed by atoms with Gasteiger partial charge in [0.25, 0.3) is 0 Å². The van der Waals surface area contributed by atoms with E-state index in [9.17, 15) is 0 Å². The molecule has 0 aliphatic rings. The quantitative estimate of drug-likeness (QED) is 0.865. The van der Waals surface area contributed by atoms with Crippen LogP contribution >= 0.6 is 0 Å². The fraction of sp³-hybridized carbons (Fsp3) is 0.267. The van der Waals surface area contributed by atoms with E-state index in [1.165, 1.54) is 5.56 Å². The molecule has 1 N–H and O–H groups in total. The lowest BCUT2D eigenvalue weighted by atomic mass is 10.1. The molecule has 2 aromatic rings. The van der Waals surface area contributed by atoms with Gasteiger partial charge in [0.1, 0.15) is 5.75 Å². The topological polar surface area (TPSA) is 43.4 Å². The van der Waals surface area contributed by atoms with Crippen molar-refractivity contribution in [1.82, 2.24) is 4.98 Å². The van der Waals surface area contributed by atoms with Crippen molar-refractivity contribution < 1.29 is 9.47 Å². The van der Waals surface area contributed by atoms with Gasteiger partial charge in [-0.15, -0.1) is 0 Å². The Morgan fingerprint density at radius 1 is 1.11 bits per heavy atom. The second-order valence-electron chi connectivity index (χ2n) is 4.08. The van der Waals surface area contributed by atoms with Gasteiger partial charge in [-0.3, -0.25) is 0 Å². The molecule has 0 radical (unpaired) electrons. The molecule has 0 amide bonds. The van der Waals surface area contributed by atoms with Crippen LogP contribution in [-0.4, -0.2) is 25.7 Å². The lowest BCUT2D eigenvalue weighted by Crippen LogP contribution is -2.07. The average Bonchev–Trinajstić information content (AvgIpc) is 2.48. The molecule has 19 heavy (non-hydrogen) atoms. The van der Waals surface area contributed by atoms with E-state index < -0.39 is 0 Å². The Morgan fingerprint density at radius 2 is 2.00 bits per heavy atom. The number of nitrogens with zero attached hydrogens (tertiary/aromatic N) is 1. The summed E-state index contributed by atoms with van der Waals surface area (Å²) >= 11 is 0. The lowest BCUT2D eigenvalue weighted by molar-refractivity contribution is 0.414. The van der Waals surface area contributed by atoms with Gasteiger partial charge in [-0.05, 0) is 36.2 Å². The monoisotopic (exact) mass is 258 g/mol. The first-order valence-electron chi connectivity index (χ1n) is 6.19. The molecule has 0 bridgehead atoms. The van der Waals surface area contributed by atoms with Crippen LogP contribution in [0.1, 0.15) is 5.56 Å². The van der Waals surface area contributed by atoms with Crippen LogP contribution in [0.5, 0.6) is 11.5 Å². The zero-order valence-electron chi connectivity index (χ0n) is 11.2. The Morgan fingerprint density at radius 3 is 2.79 bits per heavy atom. The second kappa shape index (κ2) is 6.64. The van der Waals surface area contributed by atoms with Gasteiger partial charge in [0, 0.05) is 12.7 Å². The van der Waals surface area contributed by atoms with Gasteiger partial charge < -0.3 is 14.8 Å². The summed E-state index contributed by atoms with van der Waals surface area (Å²) in [5.41, 5.74) is 1.22. The molecule has 0 saturated heterocycles. The number of pyridine rings is 1. The summed E-state index contributed by atoms with van der Waals surface area (Å²) in [7, 11) is 3.32. The summed E-state index contributed by atoms with van der Waals surface area (Å²) in [6.07, 6.45) is 2.65. The van der Waals surface area contributed by atoms with Gasteiger partial charge in [0.05, 0.1) is 14.2 Å². The van der Waals surface area contributed by atoms with Crippen LogP contribution in [0.15, 0.2) is 42.6 Å². The minimum Gasteiger partial charge on any atom is -0.497 e. The number of methoxy groups -OCH3 is 2. The van der Waals surface area contributed by atoms with E-state index in [4.69, 9.17) is 9.47 Å². The fourth-order valence-corrected chi connectivity index (χ4v) is 1.84. The maximum absolute atomic E-state index is 5.24. The van der Waals surface area contributed by atoms with Crippen molar-refractivity contribution >= 4 is 5.82 Å². The number of ether oxygens (including phenoxy) is 2. The number of nitrogens with one attached hydrogen (secondary N) is 1. The van der Waals surface area contributed by atoms with E-state index >= 15 is 0 Å². The van der Waals surface area contributed by atoms with Gasteiger partial charge >= 0.3 is 0 Å². The van der Waals surface area contributed by atoms with Gasteiger partial charge in [0.2, 0.25) is 0 Å². The number of hydrogen-bond acceptors (Lipinski definition) is 4. The summed E-state index contributed by atoms with van der Waals surface area (Å²) in [5, 5.41) is 3.27. The molecule has 100 valence electrons. The van der Waals surface area contributed by atoms with Crippen LogP contribution in [0.2, 0.25) is 0 Å². The molecule has 0 saturated carbocycles. The van der Waals surface area contributed by atoms with Gasteiger partial charge in [-0.25, -0.2) is 4.98 Å². The van der Waals surface area contributed by atoms with Gasteiger partial charge in [-0.1, -0.05) is 12.1 Å². The van der Waals surface area contributed by atoms with E-state index in [-0.39, 0.29) is 0 Å². The number of benzene rings is 1. The molecule has 0 spiro atoms. The van der Waals surface area contributed by atoms with Crippen LogP contribution in [0.3, 0.4) is 0 Å². The first-order valence-corrected chi connectivity index (χ1v) is 6.19. The van der Waals surface area contributed by atoms with E-state index in [2.05, 4.69) is 16.4 Å². The minimum absolute atomic E-state index is 0.758. The van der Waals surface area contributed by atoms with Crippen molar-refractivity contribution in [3.8, 4) is 11.5 Å². The first kappa shape index (κ1) is 13.2. The molecule has 0 atom stereocenters. The SMILES string of the molecule is COc1cccc(CCNc2ncccc2OC)c1. The molecule has 0 fully saturated rings. The summed E-state index contributed by atoms with van der Waals surface area (Å²) in [6, 6.07) is 11.8. The average molecular weight is 258 g/mol. The largest absolute Gasteiger partial charge is 0.497 e. The van der Waals surface area contributed by atoms with Crippen LogP contribution in [0.4, 0.5) is 5.82 Å². The van der Waals surface area contributed by atoms with Crippen LogP contribution < -0.4 is 14.8 Å². The predicted molar refractivity (Wildman–Crippen MR) is 76.0 cm³/mol. The Bertz CT molecular complexity index is 529. The Hall–Kier alpha value is -2.23. The predicted octanol–water partition coefficient (Wildman–Crippen LogP) is 2.75. The van der Waals surface area contributed by atoms with Crippen molar-refractivity contribution in [2.24, 2.45) is 0 Å². The molecule has 1 aromatic heterocycles. The fourth-order valence-electron chi connectivity index (χ4n) is 1.84. The van der Waals surface area contributed by atoms with Crippen LogP contribution in [0, 0.1) is 0 Å². The van der Waals surface area contributed by atoms with Crippen molar-refractivity contribution in [3.63, 3.8) is 0 Å². The third-order valence-corrected chi connectivity index (χ3v) is 2.83.